The van der Waals surface area contributed by atoms with Crippen molar-refractivity contribution in [1.29, 1.82) is 0 Å². The summed E-state index contributed by atoms with van der Waals surface area (Å²) in [6.45, 7) is 4.87. The van der Waals surface area contributed by atoms with Gasteiger partial charge in [-0.3, -0.25) is 9.48 Å². The summed E-state index contributed by atoms with van der Waals surface area (Å²) < 4.78 is 7.10. The first-order valence-electron chi connectivity index (χ1n) is 9.17. The standard InChI is InChI=1S/C20H22N6O2/c1-14-11-21-19(26-6-8-28-9-7-26)10-18(14)24-20(27)17-5-3-4-16(23-17)15-12-22-25(2)13-15/h3-5,10-13H,6-9H2,1-2H3,(H,21,24,27). The molecule has 144 valence electrons. The van der Waals surface area contributed by atoms with E-state index in [0.717, 1.165) is 35.7 Å². The molecule has 0 aromatic carbocycles. The Morgan fingerprint density at radius 1 is 1.21 bits per heavy atom. The van der Waals surface area contributed by atoms with Crippen molar-refractivity contribution in [3.63, 3.8) is 0 Å². The Hall–Kier alpha value is -3.26. The van der Waals surface area contributed by atoms with Crippen LogP contribution >= 0.6 is 0 Å². The van der Waals surface area contributed by atoms with Crippen LogP contribution < -0.4 is 10.2 Å². The number of hydrogen-bond acceptors (Lipinski definition) is 6. The van der Waals surface area contributed by atoms with E-state index >= 15 is 0 Å². The van der Waals surface area contributed by atoms with E-state index in [-0.39, 0.29) is 5.91 Å². The molecule has 4 rings (SSSR count). The Bertz CT molecular complexity index is 994. The van der Waals surface area contributed by atoms with E-state index in [9.17, 15) is 4.79 Å². The number of aromatic nitrogens is 4. The highest BCUT2D eigenvalue weighted by Gasteiger charge is 2.16. The highest BCUT2D eigenvalue weighted by Crippen LogP contribution is 2.22. The molecule has 3 aromatic heterocycles. The Kier molecular flexibility index (Phi) is 5.03. The number of nitrogens with one attached hydrogen (secondary N) is 1. The molecule has 0 spiro atoms. The largest absolute Gasteiger partial charge is 0.378 e. The third-order valence-corrected chi connectivity index (χ3v) is 4.65. The minimum atomic E-state index is -0.257. The van der Waals surface area contributed by atoms with E-state index in [1.807, 2.05) is 38.4 Å². The Labute approximate surface area is 163 Å². The van der Waals surface area contributed by atoms with Gasteiger partial charge in [-0.25, -0.2) is 9.97 Å². The molecule has 1 N–H and O–H groups in total. The Morgan fingerprint density at radius 2 is 2.04 bits per heavy atom. The molecular formula is C20H22N6O2. The number of hydrogen-bond donors (Lipinski definition) is 1. The number of pyridine rings is 2. The number of aryl methyl sites for hydroxylation is 2. The summed E-state index contributed by atoms with van der Waals surface area (Å²) in [6.07, 6.45) is 5.37. The first-order valence-corrected chi connectivity index (χ1v) is 9.17. The molecule has 8 heteroatoms. The number of carbonyl (C=O) groups excluding carboxylic acids is 1. The minimum absolute atomic E-state index is 0.257. The second-order valence-electron chi connectivity index (χ2n) is 6.72. The van der Waals surface area contributed by atoms with Crippen molar-refractivity contribution in [3.8, 4) is 11.3 Å². The van der Waals surface area contributed by atoms with Crippen molar-refractivity contribution in [2.24, 2.45) is 7.05 Å². The lowest BCUT2D eigenvalue weighted by Crippen LogP contribution is -2.36. The number of morpholine rings is 1. The minimum Gasteiger partial charge on any atom is -0.378 e. The lowest BCUT2D eigenvalue weighted by molar-refractivity contribution is 0.102. The maximum atomic E-state index is 12.8. The predicted molar refractivity (Wildman–Crippen MR) is 106 cm³/mol. The van der Waals surface area contributed by atoms with Crippen LogP contribution in [0.25, 0.3) is 11.3 Å². The van der Waals surface area contributed by atoms with Crippen LogP contribution in [-0.2, 0) is 11.8 Å². The normalized spacial score (nSPS) is 14.1. The van der Waals surface area contributed by atoms with Crippen LogP contribution in [0.4, 0.5) is 11.5 Å². The van der Waals surface area contributed by atoms with Gasteiger partial charge in [-0.05, 0) is 24.6 Å². The highest BCUT2D eigenvalue weighted by molar-refractivity contribution is 6.03. The lowest BCUT2D eigenvalue weighted by atomic mass is 10.2. The third-order valence-electron chi connectivity index (χ3n) is 4.65. The fourth-order valence-electron chi connectivity index (χ4n) is 3.07. The van der Waals surface area contributed by atoms with Crippen LogP contribution in [0.3, 0.4) is 0 Å². The summed E-state index contributed by atoms with van der Waals surface area (Å²) in [5, 5.41) is 7.13. The zero-order chi connectivity index (χ0) is 19.5. The van der Waals surface area contributed by atoms with Crippen LogP contribution in [0.15, 0.2) is 42.9 Å². The number of nitrogens with zero attached hydrogens (tertiary/aromatic N) is 5. The Morgan fingerprint density at radius 3 is 2.79 bits per heavy atom. The molecule has 0 atom stereocenters. The Balaban J connectivity index is 1.55. The molecule has 28 heavy (non-hydrogen) atoms. The predicted octanol–water partition coefficient (Wildman–Crippen LogP) is 2.27. The van der Waals surface area contributed by atoms with Crippen molar-refractivity contribution in [2.45, 2.75) is 6.92 Å². The fourth-order valence-corrected chi connectivity index (χ4v) is 3.07. The number of amides is 1. The second-order valence-corrected chi connectivity index (χ2v) is 6.72. The zero-order valence-electron chi connectivity index (χ0n) is 15.9. The topological polar surface area (TPSA) is 85.2 Å². The average Bonchev–Trinajstić information content (AvgIpc) is 3.17. The molecule has 0 unspecified atom stereocenters. The van der Waals surface area contributed by atoms with E-state index < -0.39 is 0 Å². The van der Waals surface area contributed by atoms with Gasteiger partial charge in [0, 0.05) is 49.8 Å². The summed E-state index contributed by atoms with van der Waals surface area (Å²) in [6, 6.07) is 7.29. The molecule has 8 nitrogen and oxygen atoms in total. The first-order chi connectivity index (χ1) is 13.6. The molecule has 1 fully saturated rings. The van der Waals surface area contributed by atoms with Crippen molar-refractivity contribution >= 4 is 17.4 Å². The summed E-state index contributed by atoms with van der Waals surface area (Å²) in [7, 11) is 1.85. The average molecular weight is 378 g/mol. The monoisotopic (exact) mass is 378 g/mol. The van der Waals surface area contributed by atoms with Crippen LogP contribution in [-0.4, -0.2) is 52.0 Å². The molecule has 0 bridgehead atoms. The quantitative estimate of drug-likeness (QED) is 0.750. The summed E-state index contributed by atoms with van der Waals surface area (Å²) in [4.78, 5) is 23.9. The van der Waals surface area contributed by atoms with Gasteiger partial charge in [0.05, 0.1) is 25.1 Å². The van der Waals surface area contributed by atoms with E-state index in [1.165, 1.54) is 0 Å². The fraction of sp³-hybridized carbons (Fsp3) is 0.300. The van der Waals surface area contributed by atoms with Gasteiger partial charge in [0.25, 0.3) is 5.91 Å². The summed E-state index contributed by atoms with van der Waals surface area (Å²) >= 11 is 0. The molecule has 1 aliphatic rings. The zero-order valence-corrected chi connectivity index (χ0v) is 15.9. The van der Waals surface area contributed by atoms with E-state index in [4.69, 9.17) is 4.74 Å². The van der Waals surface area contributed by atoms with E-state index in [1.54, 1.807) is 23.1 Å². The highest BCUT2D eigenvalue weighted by atomic mass is 16.5. The lowest BCUT2D eigenvalue weighted by Gasteiger charge is -2.28. The van der Waals surface area contributed by atoms with Gasteiger partial charge in [0.1, 0.15) is 11.5 Å². The molecule has 1 saturated heterocycles. The van der Waals surface area contributed by atoms with Gasteiger partial charge in [-0.2, -0.15) is 5.10 Å². The summed E-state index contributed by atoms with van der Waals surface area (Å²) in [5.41, 5.74) is 3.56. The maximum absolute atomic E-state index is 12.8. The van der Waals surface area contributed by atoms with Crippen molar-refractivity contribution in [3.05, 3.63) is 54.1 Å². The van der Waals surface area contributed by atoms with Crippen LogP contribution in [0.2, 0.25) is 0 Å². The molecule has 0 aliphatic carbocycles. The molecule has 1 amide bonds. The molecule has 3 aromatic rings. The molecule has 1 aliphatic heterocycles. The van der Waals surface area contributed by atoms with Crippen molar-refractivity contribution in [1.82, 2.24) is 19.7 Å². The molecule has 0 radical (unpaired) electrons. The van der Waals surface area contributed by atoms with Crippen LogP contribution in [0.5, 0.6) is 0 Å². The van der Waals surface area contributed by atoms with Gasteiger partial charge in [0.2, 0.25) is 0 Å². The van der Waals surface area contributed by atoms with Crippen LogP contribution in [0, 0.1) is 6.92 Å². The molecular weight excluding hydrogens is 356 g/mol. The van der Waals surface area contributed by atoms with Crippen molar-refractivity contribution < 1.29 is 9.53 Å². The number of carbonyl (C=O) groups is 1. The maximum Gasteiger partial charge on any atom is 0.274 e. The van der Waals surface area contributed by atoms with E-state index in [0.29, 0.717) is 24.6 Å². The summed E-state index contributed by atoms with van der Waals surface area (Å²) in [5.74, 6) is 0.578. The van der Waals surface area contributed by atoms with Gasteiger partial charge in [-0.15, -0.1) is 0 Å². The first kappa shape index (κ1) is 18.1. The molecule has 0 saturated carbocycles. The van der Waals surface area contributed by atoms with Gasteiger partial charge in [-0.1, -0.05) is 6.07 Å². The SMILES string of the molecule is Cc1cnc(N2CCOCC2)cc1NC(=O)c1cccc(-c2cnn(C)c2)n1. The van der Waals surface area contributed by atoms with Gasteiger partial charge < -0.3 is 15.0 Å². The van der Waals surface area contributed by atoms with Gasteiger partial charge >= 0.3 is 0 Å². The number of anilines is 2. The second kappa shape index (κ2) is 7.77. The third kappa shape index (κ3) is 3.86. The van der Waals surface area contributed by atoms with E-state index in [2.05, 4.69) is 25.3 Å². The van der Waals surface area contributed by atoms with Crippen LogP contribution in [0.1, 0.15) is 16.1 Å². The smallest absolute Gasteiger partial charge is 0.274 e. The molecule has 4 heterocycles. The van der Waals surface area contributed by atoms with Crippen molar-refractivity contribution in [2.75, 3.05) is 36.5 Å². The number of ether oxygens (including phenoxy) is 1. The number of rotatable bonds is 4. The van der Waals surface area contributed by atoms with Gasteiger partial charge in [0.15, 0.2) is 0 Å².